The lowest BCUT2D eigenvalue weighted by atomic mass is 10.2. The molecule has 0 spiro atoms. The molecule has 6 heteroatoms. The minimum atomic E-state index is -0.0840. The van der Waals surface area contributed by atoms with Crippen LogP contribution >= 0.6 is 0 Å². The average Bonchev–Trinajstić information content (AvgIpc) is 2.68. The third-order valence-electron chi connectivity index (χ3n) is 4.70. The van der Waals surface area contributed by atoms with E-state index >= 15 is 0 Å². The van der Waals surface area contributed by atoms with E-state index in [9.17, 15) is 4.79 Å². The van der Waals surface area contributed by atoms with E-state index in [-0.39, 0.29) is 5.91 Å². The van der Waals surface area contributed by atoms with Crippen molar-refractivity contribution in [1.29, 1.82) is 0 Å². The highest BCUT2D eigenvalue weighted by Gasteiger charge is 2.14. The molecule has 27 heavy (non-hydrogen) atoms. The quantitative estimate of drug-likeness (QED) is 0.822. The topological polar surface area (TPSA) is 60.5 Å². The Kier molecular flexibility index (Phi) is 6.29. The van der Waals surface area contributed by atoms with Gasteiger partial charge < -0.3 is 20.4 Å². The molecule has 1 aliphatic heterocycles. The van der Waals surface area contributed by atoms with Crippen LogP contribution in [0.3, 0.4) is 0 Å². The Hall–Kier alpha value is -2.60. The van der Waals surface area contributed by atoms with Crippen LogP contribution in [0.4, 0.5) is 17.2 Å². The molecule has 1 aromatic carbocycles. The molecular weight excluding hydrogens is 338 g/mol. The van der Waals surface area contributed by atoms with Gasteiger partial charge in [0.25, 0.3) is 5.91 Å². The van der Waals surface area contributed by atoms with Gasteiger partial charge in [-0.05, 0) is 49.4 Å². The fraction of sp³-hybridized carbons (Fsp3) is 0.429. The molecule has 144 valence electrons. The Morgan fingerprint density at radius 3 is 2.37 bits per heavy atom. The molecule has 0 aliphatic carbocycles. The van der Waals surface area contributed by atoms with Crippen LogP contribution in [0.25, 0.3) is 0 Å². The predicted molar refractivity (Wildman–Crippen MR) is 111 cm³/mol. The van der Waals surface area contributed by atoms with E-state index in [0.29, 0.717) is 18.0 Å². The number of aromatic nitrogens is 1. The molecule has 2 aromatic rings. The smallest absolute Gasteiger partial charge is 0.252 e. The van der Waals surface area contributed by atoms with Crippen LogP contribution in [0.2, 0.25) is 0 Å². The highest BCUT2D eigenvalue weighted by molar-refractivity contribution is 5.94. The lowest BCUT2D eigenvalue weighted by molar-refractivity contribution is 0.0948. The first-order valence-electron chi connectivity index (χ1n) is 9.56. The minimum absolute atomic E-state index is 0.0840. The number of carbonyl (C=O) groups is 1. The lowest BCUT2D eigenvalue weighted by Crippen LogP contribution is -2.44. The Morgan fingerprint density at radius 2 is 1.78 bits per heavy atom. The number of hydrogen-bond acceptors (Lipinski definition) is 5. The van der Waals surface area contributed by atoms with Crippen LogP contribution in [0.15, 0.2) is 42.6 Å². The van der Waals surface area contributed by atoms with Crippen molar-refractivity contribution in [3.05, 3.63) is 48.2 Å². The van der Waals surface area contributed by atoms with Gasteiger partial charge in [-0.3, -0.25) is 4.79 Å². The number of piperazine rings is 1. The molecule has 6 nitrogen and oxygen atoms in total. The largest absolute Gasteiger partial charge is 0.369 e. The summed E-state index contributed by atoms with van der Waals surface area (Å²) in [5.41, 5.74) is 2.81. The summed E-state index contributed by atoms with van der Waals surface area (Å²) in [5.74, 6) is 1.07. The van der Waals surface area contributed by atoms with Crippen molar-refractivity contribution < 1.29 is 4.79 Å². The standard InChI is InChI=1S/C21H29N5O/c1-16(2)14-23-21(27)17-4-9-20(22-15-17)24-18-5-7-19(8-6-18)26-12-10-25(3)11-13-26/h4-9,15-16H,10-14H2,1-3H3,(H,22,24)(H,23,27). The molecule has 0 saturated carbocycles. The van der Waals surface area contributed by atoms with Crippen molar-refractivity contribution in [2.75, 3.05) is 50.0 Å². The van der Waals surface area contributed by atoms with Gasteiger partial charge in [-0.1, -0.05) is 13.8 Å². The van der Waals surface area contributed by atoms with Gasteiger partial charge >= 0.3 is 0 Å². The van der Waals surface area contributed by atoms with E-state index in [1.165, 1.54) is 5.69 Å². The van der Waals surface area contributed by atoms with Crippen molar-refractivity contribution in [1.82, 2.24) is 15.2 Å². The molecule has 0 bridgehead atoms. The van der Waals surface area contributed by atoms with E-state index in [0.717, 1.165) is 37.7 Å². The Bertz CT molecular complexity index is 734. The van der Waals surface area contributed by atoms with E-state index in [1.54, 1.807) is 12.3 Å². The third-order valence-corrected chi connectivity index (χ3v) is 4.70. The fourth-order valence-corrected chi connectivity index (χ4v) is 2.97. The highest BCUT2D eigenvalue weighted by atomic mass is 16.1. The summed E-state index contributed by atoms with van der Waals surface area (Å²) >= 11 is 0. The molecule has 3 rings (SSSR count). The summed E-state index contributed by atoms with van der Waals surface area (Å²) in [6.45, 7) is 9.12. The SMILES string of the molecule is CC(C)CNC(=O)c1ccc(Nc2ccc(N3CCN(C)CC3)cc2)nc1. The number of benzene rings is 1. The number of pyridine rings is 1. The van der Waals surface area contributed by atoms with Crippen molar-refractivity contribution in [2.45, 2.75) is 13.8 Å². The van der Waals surface area contributed by atoms with E-state index in [4.69, 9.17) is 0 Å². The lowest BCUT2D eigenvalue weighted by Gasteiger charge is -2.34. The van der Waals surface area contributed by atoms with Gasteiger partial charge in [0.2, 0.25) is 0 Å². The van der Waals surface area contributed by atoms with Crippen LogP contribution in [-0.4, -0.2) is 55.6 Å². The van der Waals surface area contributed by atoms with E-state index in [1.807, 2.05) is 6.07 Å². The van der Waals surface area contributed by atoms with Crippen LogP contribution in [0.5, 0.6) is 0 Å². The Balaban J connectivity index is 1.56. The number of anilines is 3. The zero-order valence-corrected chi connectivity index (χ0v) is 16.4. The first-order chi connectivity index (χ1) is 13.0. The third kappa shape index (κ3) is 5.44. The van der Waals surface area contributed by atoms with Gasteiger partial charge in [0.05, 0.1) is 5.56 Å². The number of carbonyl (C=O) groups excluding carboxylic acids is 1. The molecular formula is C21H29N5O. The summed E-state index contributed by atoms with van der Waals surface area (Å²) in [5, 5.41) is 6.19. The fourth-order valence-electron chi connectivity index (χ4n) is 2.97. The maximum Gasteiger partial charge on any atom is 0.252 e. The number of likely N-dealkylation sites (N-methyl/N-ethyl adjacent to an activating group) is 1. The molecule has 1 saturated heterocycles. The molecule has 0 unspecified atom stereocenters. The summed E-state index contributed by atoms with van der Waals surface area (Å²) < 4.78 is 0. The first kappa shape index (κ1) is 19.2. The Morgan fingerprint density at radius 1 is 1.07 bits per heavy atom. The van der Waals surface area contributed by atoms with Crippen molar-refractivity contribution in [3.8, 4) is 0 Å². The van der Waals surface area contributed by atoms with Crippen molar-refractivity contribution in [3.63, 3.8) is 0 Å². The first-order valence-corrected chi connectivity index (χ1v) is 9.56. The number of amides is 1. The molecule has 1 fully saturated rings. The maximum absolute atomic E-state index is 12.0. The van der Waals surface area contributed by atoms with Gasteiger partial charge in [0.1, 0.15) is 5.82 Å². The molecule has 1 aromatic heterocycles. The minimum Gasteiger partial charge on any atom is -0.369 e. The zero-order valence-electron chi connectivity index (χ0n) is 16.4. The van der Waals surface area contributed by atoms with Gasteiger partial charge in [0, 0.05) is 50.3 Å². The van der Waals surface area contributed by atoms with Crippen molar-refractivity contribution >= 4 is 23.1 Å². The second-order valence-corrected chi connectivity index (χ2v) is 7.50. The molecule has 2 heterocycles. The summed E-state index contributed by atoms with van der Waals surface area (Å²) in [7, 11) is 2.16. The van der Waals surface area contributed by atoms with Crippen LogP contribution in [0.1, 0.15) is 24.2 Å². The second kappa shape index (κ2) is 8.86. The number of nitrogens with one attached hydrogen (secondary N) is 2. The summed E-state index contributed by atoms with van der Waals surface area (Å²) in [4.78, 5) is 21.2. The monoisotopic (exact) mass is 367 g/mol. The number of hydrogen-bond donors (Lipinski definition) is 2. The normalized spacial score (nSPS) is 15.0. The highest BCUT2D eigenvalue weighted by Crippen LogP contribution is 2.21. The molecule has 1 amide bonds. The molecule has 1 aliphatic rings. The van der Waals surface area contributed by atoms with E-state index in [2.05, 4.69) is 70.6 Å². The predicted octanol–water partition coefficient (Wildman–Crippen LogP) is 2.96. The summed E-state index contributed by atoms with van der Waals surface area (Å²) in [6.07, 6.45) is 1.61. The molecule has 2 N–H and O–H groups in total. The number of rotatable bonds is 6. The average molecular weight is 367 g/mol. The van der Waals surface area contributed by atoms with Crippen molar-refractivity contribution in [2.24, 2.45) is 5.92 Å². The Labute approximate surface area is 161 Å². The summed E-state index contributed by atoms with van der Waals surface area (Å²) in [6, 6.07) is 12.0. The maximum atomic E-state index is 12.0. The van der Waals surface area contributed by atoms with Crippen LogP contribution in [0, 0.1) is 5.92 Å². The second-order valence-electron chi connectivity index (χ2n) is 7.50. The van der Waals surface area contributed by atoms with Gasteiger partial charge in [-0.2, -0.15) is 0 Å². The van der Waals surface area contributed by atoms with Gasteiger partial charge in [-0.25, -0.2) is 4.98 Å². The number of nitrogens with zero attached hydrogens (tertiary/aromatic N) is 3. The van der Waals surface area contributed by atoms with Crippen LogP contribution in [-0.2, 0) is 0 Å². The van der Waals surface area contributed by atoms with E-state index < -0.39 is 0 Å². The molecule has 0 radical (unpaired) electrons. The van der Waals surface area contributed by atoms with Crippen LogP contribution < -0.4 is 15.5 Å². The van der Waals surface area contributed by atoms with Gasteiger partial charge in [-0.15, -0.1) is 0 Å². The van der Waals surface area contributed by atoms with Gasteiger partial charge in [0.15, 0.2) is 0 Å². The molecule has 0 atom stereocenters. The zero-order chi connectivity index (χ0) is 19.2.